The van der Waals surface area contributed by atoms with Gasteiger partial charge in [0.1, 0.15) is 6.61 Å². The predicted molar refractivity (Wildman–Crippen MR) is 70.4 cm³/mol. The first-order valence-corrected chi connectivity index (χ1v) is 5.89. The number of ether oxygens (including phenoxy) is 1. The Labute approximate surface area is 113 Å². The van der Waals surface area contributed by atoms with Crippen molar-refractivity contribution in [1.29, 1.82) is 0 Å². The third kappa shape index (κ3) is 2.28. The van der Waals surface area contributed by atoms with Gasteiger partial charge in [-0.1, -0.05) is 12.1 Å². The highest BCUT2D eigenvalue weighted by molar-refractivity contribution is 5.45. The van der Waals surface area contributed by atoms with E-state index in [4.69, 9.17) is 4.74 Å². The Balaban J connectivity index is 1.81. The number of nitro groups is 1. The molecule has 0 aliphatic rings. The fourth-order valence-electron chi connectivity index (χ4n) is 1.83. The van der Waals surface area contributed by atoms with E-state index in [0.29, 0.717) is 11.5 Å². The third-order valence-corrected chi connectivity index (χ3v) is 2.72. The molecule has 0 saturated heterocycles. The van der Waals surface area contributed by atoms with E-state index < -0.39 is 4.92 Å². The topological polar surface area (TPSA) is 82.6 Å². The van der Waals surface area contributed by atoms with Gasteiger partial charge in [-0.15, -0.1) is 0 Å². The zero-order valence-corrected chi connectivity index (χ0v) is 10.3. The largest absolute Gasteiger partial charge is 0.480 e. The molecule has 7 nitrogen and oxygen atoms in total. The monoisotopic (exact) mass is 270 g/mol. The van der Waals surface area contributed by atoms with Crippen LogP contribution in [0.25, 0.3) is 5.78 Å². The molecule has 1 aromatic carbocycles. The van der Waals surface area contributed by atoms with Crippen molar-refractivity contribution in [1.82, 2.24) is 14.4 Å². The van der Waals surface area contributed by atoms with E-state index in [1.807, 2.05) is 6.20 Å². The molecule has 0 amide bonds. The Bertz CT molecular complexity index is 736. The lowest BCUT2D eigenvalue weighted by Gasteiger charge is -2.04. The first-order chi connectivity index (χ1) is 9.74. The number of hydrogen-bond donors (Lipinski definition) is 0. The first-order valence-electron chi connectivity index (χ1n) is 5.89. The lowest BCUT2D eigenvalue weighted by Crippen LogP contribution is -1.99. The molecule has 0 radical (unpaired) electrons. The number of imidazole rings is 1. The molecular weight excluding hydrogens is 260 g/mol. The minimum atomic E-state index is -0.472. The Hall–Kier alpha value is -2.96. The highest BCUT2D eigenvalue weighted by atomic mass is 16.6. The maximum Gasteiger partial charge on any atom is 0.310 e. The second kappa shape index (κ2) is 4.96. The van der Waals surface area contributed by atoms with Crippen LogP contribution >= 0.6 is 0 Å². The summed E-state index contributed by atoms with van der Waals surface area (Å²) in [5.74, 6) is 0.788. The first kappa shape index (κ1) is 12.1. The van der Waals surface area contributed by atoms with Gasteiger partial charge in [-0.2, -0.15) is 0 Å². The van der Waals surface area contributed by atoms with E-state index in [-0.39, 0.29) is 18.0 Å². The highest BCUT2D eigenvalue weighted by Crippen LogP contribution is 2.26. The zero-order chi connectivity index (χ0) is 13.9. The van der Waals surface area contributed by atoms with Crippen LogP contribution in [0.5, 0.6) is 5.75 Å². The number of nitro benzene ring substituents is 1. The van der Waals surface area contributed by atoms with Gasteiger partial charge in [0.25, 0.3) is 0 Å². The Kier molecular flexibility index (Phi) is 3.00. The maximum atomic E-state index is 10.9. The van der Waals surface area contributed by atoms with E-state index >= 15 is 0 Å². The lowest BCUT2D eigenvalue weighted by atomic mass is 10.3. The summed E-state index contributed by atoms with van der Waals surface area (Å²) in [7, 11) is 0. The van der Waals surface area contributed by atoms with Crippen molar-refractivity contribution >= 4 is 11.5 Å². The number of para-hydroxylation sites is 2. The third-order valence-electron chi connectivity index (χ3n) is 2.72. The second-order valence-electron chi connectivity index (χ2n) is 4.07. The summed E-state index contributed by atoms with van der Waals surface area (Å²) in [5.41, 5.74) is 0.594. The summed E-state index contributed by atoms with van der Waals surface area (Å²) >= 11 is 0. The van der Waals surface area contributed by atoms with Crippen molar-refractivity contribution in [3.63, 3.8) is 0 Å². The molecule has 100 valence electrons. The molecule has 0 aliphatic heterocycles. The Morgan fingerprint density at radius 3 is 2.95 bits per heavy atom. The van der Waals surface area contributed by atoms with Crippen molar-refractivity contribution in [2.75, 3.05) is 0 Å². The highest BCUT2D eigenvalue weighted by Gasteiger charge is 2.14. The molecule has 2 aromatic heterocycles. The van der Waals surface area contributed by atoms with Gasteiger partial charge >= 0.3 is 5.69 Å². The van der Waals surface area contributed by atoms with E-state index in [9.17, 15) is 10.1 Å². The van der Waals surface area contributed by atoms with E-state index in [1.165, 1.54) is 6.07 Å². The fourth-order valence-corrected chi connectivity index (χ4v) is 1.83. The molecule has 7 heteroatoms. The van der Waals surface area contributed by atoms with E-state index in [1.54, 1.807) is 41.1 Å². The van der Waals surface area contributed by atoms with Crippen LogP contribution in [0, 0.1) is 10.1 Å². The predicted octanol–water partition coefficient (Wildman–Crippen LogP) is 2.22. The summed E-state index contributed by atoms with van der Waals surface area (Å²) < 4.78 is 7.23. The molecular formula is C13H10N4O3. The minimum Gasteiger partial charge on any atom is -0.480 e. The molecule has 0 N–H and O–H groups in total. The molecule has 0 atom stereocenters. The number of hydrogen-bond acceptors (Lipinski definition) is 5. The molecule has 0 saturated carbocycles. The molecule has 0 unspecified atom stereocenters. The molecule has 2 heterocycles. The summed E-state index contributed by atoms with van der Waals surface area (Å²) in [4.78, 5) is 18.7. The second-order valence-corrected chi connectivity index (χ2v) is 4.07. The Morgan fingerprint density at radius 1 is 1.30 bits per heavy atom. The van der Waals surface area contributed by atoms with E-state index in [0.717, 1.165) is 0 Å². The van der Waals surface area contributed by atoms with Gasteiger partial charge in [-0.05, 0) is 12.1 Å². The normalized spacial score (nSPS) is 10.6. The lowest BCUT2D eigenvalue weighted by molar-refractivity contribution is -0.385. The Morgan fingerprint density at radius 2 is 2.15 bits per heavy atom. The number of nitrogens with zero attached hydrogens (tertiary/aromatic N) is 4. The van der Waals surface area contributed by atoms with Crippen LogP contribution in [-0.4, -0.2) is 19.3 Å². The van der Waals surface area contributed by atoms with Crippen molar-refractivity contribution in [2.24, 2.45) is 0 Å². The van der Waals surface area contributed by atoms with Crippen LogP contribution in [-0.2, 0) is 6.61 Å². The van der Waals surface area contributed by atoms with Crippen molar-refractivity contribution in [3.05, 3.63) is 64.7 Å². The number of benzene rings is 1. The summed E-state index contributed by atoms with van der Waals surface area (Å²) in [6, 6.07) is 8.04. The molecule has 0 spiro atoms. The van der Waals surface area contributed by atoms with Gasteiger partial charge < -0.3 is 4.74 Å². The molecule has 0 aliphatic carbocycles. The van der Waals surface area contributed by atoms with Crippen LogP contribution in [0.2, 0.25) is 0 Å². The van der Waals surface area contributed by atoms with E-state index in [2.05, 4.69) is 9.97 Å². The van der Waals surface area contributed by atoms with Gasteiger partial charge in [0.15, 0.2) is 5.75 Å². The average Bonchev–Trinajstić information content (AvgIpc) is 2.88. The van der Waals surface area contributed by atoms with Crippen LogP contribution in [0.15, 0.2) is 48.9 Å². The fraction of sp³-hybridized carbons (Fsp3) is 0.0769. The standard InChI is InChI=1S/C13H10N4O3/c18-17(19)11-4-1-2-5-12(11)20-9-10-8-16-7-3-6-14-13(16)15-10/h1-8H,9H2. The van der Waals surface area contributed by atoms with Crippen molar-refractivity contribution in [3.8, 4) is 5.75 Å². The van der Waals surface area contributed by atoms with Crippen LogP contribution in [0.1, 0.15) is 5.69 Å². The minimum absolute atomic E-state index is 0.0608. The molecule has 0 fully saturated rings. The van der Waals surface area contributed by atoms with Gasteiger partial charge in [-0.25, -0.2) is 9.97 Å². The molecule has 0 bridgehead atoms. The van der Waals surface area contributed by atoms with Crippen LogP contribution in [0.4, 0.5) is 5.69 Å². The number of aromatic nitrogens is 3. The summed E-state index contributed by atoms with van der Waals surface area (Å²) in [6.45, 7) is 0.147. The van der Waals surface area contributed by atoms with Crippen LogP contribution in [0.3, 0.4) is 0 Å². The molecule has 3 aromatic rings. The van der Waals surface area contributed by atoms with Gasteiger partial charge in [0, 0.05) is 24.7 Å². The zero-order valence-electron chi connectivity index (χ0n) is 10.3. The van der Waals surface area contributed by atoms with Crippen LogP contribution < -0.4 is 4.74 Å². The smallest absolute Gasteiger partial charge is 0.310 e. The summed E-state index contributed by atoms with van der Waals surface area (Å²) in [5, 5.41) is 10.9. The van der Waals surface area contributed by atoms with Gasteiger partial charge in [0.05, 0.1) is 10.6 Å². The average molecular weight is 270 g/mol. The molecule has 20 heavy (non-hydrogen) atoms. The van der Waals surface area contributed by atoms with Crippen molar-refractivity contribution in [2.45, 2.75) is 6.61 Å². The van der Waals surface area contributed by atoms with Gasteiger partial charge in [-0.3, -0.25) is 14.5 Å². The SMILES string of the molecule is O=[N+]([O-])c1ccccc1OCc1cn2cccnc2n1. The van der Waals surface area contributed by atoms with Gasteiger partial charge in [0.2, 0.25) is 5.78 Å². The summed E-state index contributed by atoms with van der Waals surface area (Å²) in [6.07, 6.45) is 5.25. The maximum absolute atomic E-state index is 10.9. The molecule has 3 rings (SSSR count). The number of rotatable bonds is 4. The van der Waals surface area contributed by atoms with Crippen molar-refractivity contribution < 1.29 is 9.66 Å². The quantitative estimate of drug-likeness (QED) is 0.536. The number of fused-ring (bicyclic) bond motifs is 1.